The van der Waals surface area contributed by atoms with Gasteiger partial charge in [-0.25, -0.2) is 9.59 Å². The number of carbonyl (C=O) groups excluding carboxylic acids is 7. The number of alkyl carbamates (subject to hydrolysis) is 1. The van der Waals surface area contributed by atoms with Crippen LogP contribution in [0.15, 0.2) is 72.1 Å². The summed E-state index contributed by atoms with van der Waals surface area (Å²) in [6.07, 6.45) is 2.56. The van der Waals surface area contributed by atoms with E-state index in [0.29, 0.717) is 11.1 Å². The van der Waals surface area contributed by atoms with E-state index in [1.54, 1.807) is 81.4 Å². The minimum Gasteiger partial charge on any atom is -0.467 e. The molecule has 6 amide bonds. The first-order chi connectivity index (χ1) is 27.3. The molecule has 0 spiro atoms. The second kappa shape index (κ2) is 21.7. The van der Waals surface area contributed by atoms with Gasteiger partial charge in [-0.05, 0) is 96.4 Å². The van der Waals surface area contributed by atoms with E-state index in [2.05, 4.69) is 31.9 Å². The highest BCUT2D eigenvalue weighted by Crippen LogP contribution is 2.16. The summed E-state index contributed by atoms with van der Waals surface area (Å²) < 4.78 is 10.2. The number of amides is 6. The van der Waals surface area contributed by atoms with Crippen molar-refractivity contribution >= 4 is 53.8 Å². The van der Waals surface area contributed by atoms with Crippen molar-refractivity contribution in [2.45, 2.75) is 118 Å². The number of benzene rings is 2. The molecule has 0 heterocycles. The molecule has 0 aromatic heterocycles. The maximum Gasteiger partial charge on any atom is 0.408 e. The van der Waals surface area contributed by atoms with E-state index in [1.807, 2.05) is 27.7 Å². The largest absolute Gasteiger partial charge is 0.467 e. The van der Waals surface area contributed by atoms with Crippen molar-refractivity contribution in [2.24, 2.45) is 11.8 Å². The van der Waals surface area contributed by atoms with E-state index in [-0.39, 0.29) is 36.1 Å². The zero-order valence-corrected chi connectivity index (χ0v) is 36.3. The van der Waals surface area contributed by atoms with Gasteiger partial charge in [-0.3, -0.25) is 24.0 Å². The Morgan fingerprint density at radius 1 is 0.593 bits per heavy atom. The summed E-state index contributed by atoms with van der Waals surface area (Å²) in [5.74, 6) is -4.50. The Labute approximate surface area is 347 Å². The fourth-order valence-electron chi connectivity index (χ4n) is 5.38. The molecule has 0 bridgehead atoms. The van der Waals surface area contributed by atoms with Crippen molar-refractivity contribution in [3.63, 3.8) is 0 Å². The van der Waals surface area contributed by atoms with Crippen LogP contribution in [0.1, 0.15) is 100 Å². The summed E-state index contributed by atoms with van der Waals surface area (Å²) in [6.45, 7) is 18.3. The molecule has 0 saturated carbocycles. The topological polar surface area (TPSA) is 210 Å². The van der Waals surface area contributed by atoms with E-state index >= 15 is 0 Å². The minimum atomic E-state index is -1.70. The average Bonchev–Trinajstić information content (AvgIpc) is 3.12. The third-order valence-electron chi connectivity index (χ3n) is 8.42. The van der Waals surface area contributed by atoms with E-state index in [9.17, 15) is 33.6 Å². The summed E-state index contributed by atoms with van der Waals surface area (Å²) in [7, 11) is 1.21. The molecule has 0 radical (unpaired) electrons. The standard InChI is InChI=1S/C44H62N6O9/c1-27(2)23-31(48-41(57)59-42(5,6)7)36(52)49-44(10,11)40(56)47-33(26-30-21-17-14-18-22-30)37(53)50-43(8,9)39(55)46-32(25-29-19-15-13-16-20-29)35(51)45-34(24-28(3)4)38(54)58-12/h13-22,25-28,31,34H,23-24H2,1-12H3,(H,45,51)(H,46,55)(H,47,56)(H,48,57)(H,49,52)(H,50,53)/b32-25-,33-26-/t31-,34-/m0/s1. The minimum absolute atomic E-state index is 0.0109. The molecule has 2 aromatic rings. The molecule has 59 heavy (non-hydrogen) atoms. The van der Waals surface area contributed by atoms with Gasteiger partial charge < -0.3 is 41.4 Å². The van der Waals surface area contributed by atoms with Crippen molar-refractivity contribution in [3.05, 3.63) is 83.2 Å². The quantitative estimate of drug-likeness (QED) is 0.0906. The van der Waals surface area contributed by atoms with E-state index in [0.717, 1.165) is 0 Å². The number of ether oxygens (including phenoxy) is 2. The lowest BCUT2D eigenvalue weighted by atomic mass is 9.99. The lowest BCUT2D eigenvalue weighted by Crippen LogP contribution is -2.60. The summed E-state index contributed by atoms with van der Waals surface area (Å²) in [5.41, 5.74) is -3.49. The van der Waals surface area contributed by atoms with E-state index < -0.39 is 70.4 Å². The summed E-state index contributed by atoms with van der Waals surface area (Å²) >= 11 is 0. The Kier molecular flexibility index (Phi) is 18.1. The van der Waals surface area contributed by atoms with Gasteiger partial charge in [0.05, 0.1) is 7.11 Å². The van der Waals surface area contributed by atoms with Gasteiger partial charge in [0.15, 0.2) is 0 Å². The van der Waals surface area contributed by atoms with Crippen LogP contribution >= 0.6 is 0 Å². The first-order valence-corrected chi connectivity index (χ1v) is 19.5. The molecule has 0 aliphatic carbocycles. The predicted octanol–water partition coefficient (Wildman–Crippen LogP) is 4.73. The zero-order chi connectivity index (χ0) is 44.7. The third-order valence-corrected chi connectivity index (χ3v) is 8.42. The molecule has 2 aromatic carbocycles. The maximum absolute atomic E-state index is 14.0. The van der Waals surface area contributed by atoms with Gasteiger partial charge in [-0.15, -0.1) is 0 Å². The van der Waals surface area contributed by atoms with Gasteiger partial charge in [0.1, 0.15) is 40.2 Å². The zero-order valence-electron chi connectivity index (χ0n) is 36.3. The van der Waals surface area contributed by atoms with Crippen LogP contribution in [0.4, 0.5) is 4.79 Å². The van der Waals surface area contributed by atoms with Gasteiger partial charge in [0.2, 0.25) is 17.7 Å². The van der Waals surface area contributed by atoms with Crippen molar-refractivity contribution in [2.75, 3.05) is 7.11 Å². The Morgan fingerprint density at radius 3 is 1.44 bits per heavy atom. The first kappa shape index (κ1) is 49.2. The molecule has 0 saturated heterocycles. The average molecular weight is 819 g/mol. The Balaban J connectivity index is 2.40. The van der Waals surface area contributed by atoms with Crippen LogP contribution < -0.4 is 31.9 Å². The van der Waals surface area contributed by atoms with Crippen molar-refractivity contribution < 1.29 is 43.0 Å². The highest BCUT2D eigenvalue weighted by Gasteiger charge is 2.37. The van der Waals surface area contributed by atoms with Crippen LogP contribution in [-0.2, 0) is 38.2 Å². The summed E-state index contributed by atoms with van der Waals surface area (Å²) in [6, 6.07) is 15.3. The molecule has 0 fully saturated rings. The SMILES string of the molecule is COC(=O)[C@H](CC(C)C)NC(=O)/C(=C/c1ccccc1)NC(=O)C(C)(C)NC(=O)/C(=C/c1ccccc1)NC(=O)C(C)(C)NC(=O)[C@H](CC(C)C)NC(=O)OC(C)(C)C. The number of rotatable bonds is 18. The molecule has 2 rings (SSSR count). The molecular formula is C44H62N6O9. The van der Waals surface area contributed by atoms with Crippen LogP contribution in [0.25, 0.3) is 12.2 Å². The fraction of sp³-hybridized carbons (Fsp3) is 0.477. The van der Waals surface area contributed by atoms with Gasteiger partial charge >= 0.3 is 12.1 Å². The fourth-order valence-corrected chi connectivity index (χ4v) is 5.38. The molecule has 6 N–H and O–H groups in total. The van der Waals surface area contributed by atoms with Crippen LogP contribution in [0, 0.1) is 11.8 Å². The lowest BCUT2D eigenvalue weighted by Gasteiger charge is -2.30. The summed E-state index contributed by atoms with van der Waals surface area (Å²) in [4.78, 5) is 94.1. The first-order valence-electron chi connectivity index (χ1n) is 19.5. The predicted molar refractivity (Wildman–Crippen MR) is 226 cm³/mol. The van der Waals surface area contributed by atoms with Gasteiger partial charge in [0.25, 0.3) is 11.8 Å². The highest BCUT2D eigenvalue weighted by atomic mass is 16.6. The molecule has 15 nitrogen and oxygen atoms in total. The molecule has 2 atom stereocenters. The second-order valence-corrected chi connectivity index (χ2v) is 17.0. The smallest absolute Gasteiger partial charge is 0.408 e. The Morgan fingerprint density at radius 2 is 1.02 bits per heavy atom. The van der Waals surface area contributed by atoms with Crippen LogP contribution in [0.5, 0.6) is 0 Å². The third kappa shape index (κ3) is 17.2. The number of hydrogen-bond acceptors (Lipinski definition) is 9. The monoisotopic (exact) mass is 818 g/mol. The van der Waals surface area contributed by atoms with E-state index in [4.69, 9.17) is 9.47 Å². The number of hydrogen-bond donors (Lipinski definition) is 6. The molecule has 15 heteroatoms. The molecule has 0 unspecified atom stereocenters. The van der Waals surface area contributed by atoms with Crippen LogP contribution in [-0.4, -0.2) is 77.5 Å². The van der Waals surface area contributed by atoms with Gasteiger partial charge in [-0.1, -0.05) is 88.4 Å². The van der Waals surface area contributed by atoms with Gasteiger partial charge in [-0.2, -0.15) is 0 Å². The highest BCUT2D eigenvalue weighted by molar-refractivity contribution is 6.08. The molecule has 322 valence electrons. The number of carbonyl (C=O) groups is 7. The maximum atomic E-state index is 14.0. The van der Waals surface area contributed by atoms with Crippen molar-refractivity contribution in [3.8, 4) is 0 Å². The lowest BCUT2D eigenvalue weighted by molar-refractivity contribution is -0.145. The summed E-state index contributed by atoms with van der Waals surface area (Å²) in [5, 5.41) is 15.7. The number of esters is 1. The number of nitrogens with one attached hydrogen (secondary N) is 6. The van der Waals surface area contributed by atoms with Crippen molar-refractivity contribution in [1.82, 2.24) is 31.9 Å². The molecule has 0 aliphatic heterocycles. The molecule has 0 aliphatic rings. The van der Waals surface area contributed by atoms with Crippen LogP contribution in [0.2, 0.25) is 0 Å². The Bertz CT molecular complexity index is 1860. The number of methoxy groups -OCH3 is 1. The normalized spacial score (nSPS) is 13.4. The van der Waals surface area contributed by atoms with Crippen molar-refractivity contribution in [1.29, 1.82) is 0 Å². The van der Waals surface area contributed by atoms with Crippen LogP contribution in [0.3, 0.4) is 0 Å². The second-order valence-electron chi connectivity index (χ2n) is 17.0. The molecular weight excluding hydrogens is 757 g/mol. The van der Waals surface area contributed by atoms with Gasteiger partial charge in [0, 0.05) is 0 Å². The Hall–Kier alpha value is -5.99. The van der Waals surface area contributed by atoms with E-state index in [1.165, 1.54) is 47.0 Å².